The van der Waals surface area contributed by atoms with Gasteiger partial charge in [-0.2, -0.15) is 0 Å². The van der Waals surface area contributed by atoms with E-state index < -0.39 is 0 Å². The van der Waals surface area contributed by atoms with Crippen LogP contribution in [0.3, 0.4) is 0 Å². The molecule has 0 rings (SSSR count). The van der Waals surface area contributed by atoms with E-state index in [1.54, 1.807) is 0 Å². The van der Waals surface area contributed by atoms with Crippen molar-refractivity contribution in [3.05, 3.63) is 0 Å². The van der Waals surface area contributed by atoms with Crippen molar-refractivity contribution < 1.29 is 9.90 Å². The van der Waals surface area contributed by atoms with Gasteiger partial charge in [-0.3, -0.25) is 9.69 Å². The average Bonchev–Trinajstić information content (AvgIpc) is 2.48. The second-order valence-electron chi connectivity index (χ2n) is 5.75. The van der Waals surface area contributed by atoms with Gasteiger partial charge in [-0.15, -0.1) is 0 Å². The van der Waals surface area contributed by atoms with Gasteiger partial charge in [-0.1, -0.05) is 40.5 Å². The number of carbonyl (C=O) groups excluding carboxylic acids is 1. The topological polar surface area (TPSA) is 43.8 Å². The molecule has 1 amide bonds. The Morgan fingerprint density at radius 1 is 0.952 bits per heavy atom. The highest BCUT2D eigenvalue weighted by molar-refractivity contribution is 5.78. The molecule has 0 aliphatic heterocycles. The zero-order valence-corrected chi connectivity index (χ0v) is 14.6. The SMILES string of the molecule is CCCCN(CCCC)C(=O)CN(CCO)C(CC)CC. The Balaban J connectivity index is 4.63. The third-order valence-electron chi connectivity index (χ3n) is 4.10. The van der Waals surface area contributed by atoms with Crippen molar-refractivity contribution in [2.45, 2.75) is 72.3 Å². The van der Waals surface area contributed by atoms with Gasteiger partial charge < -0.3 is 10.0 Å². The van der Waals surface area contributed by atoms with E-state index in [0.717, 1.165) is 51.6 Å². The standard InChI is InChI=1S/C17H36N2O2/c1-5-9-11-18(12-10-6-2)17(21)15-19(13-14-20)16(7-3)8-4/h16,20H,5-15H2,1-4H3. The van der Waals surface area contributed by atoms with Gasteiger partial charge in [0, 0.05) is 25.7 Å². The summed E-state index contributed by atoms with van der Waals surface area (Å²) in [4.78, 5) is 16.7. The van der Waals surface area contributed by atoms with Crippen LogP contribution in [0.15, 0.2) is 0 Å². The van der Waals surface area contributed by atoms with E-state index in [9.17, 15) is 9.90 Å². The first-order valence-electron chi connectivity index (χ1n) is 8.77. The maximum Gasteiger partial charge on any atom is 0.236 e. The Morgan fingerprint density at radius 2 is 1.48 bits per heavy atom. The van der Waals surface area contributed by atoms with E-state index in [1.165, 1.54) is 0 Å². The summed E-state index contributed by atoms with van der Waals surface area (Å²) in [5.41, 5.74) is 0. The van der Waals surface area contributed by atoms with Crippen molar-refractivity contribution in [2.75, 3.05) is 32.8 Å². The number of aliphatic hydroxyl groups is 1. The average molecular weight is 300 g/mol. The van der Waals surface area contributed by atoms with E-state index in [1.807, 2.05) is 4.90 Å². The predicted octanol–water partition coefficient (Wildman–Crippen LogP) is 2.90. The van der Waals surface area contributed by atoms with Gasteiger partial charge in [0.1, 0.15) is 0 Å². The number of nitrogens with zero attached hydrogens (tertiary/aromatic N) is 2. The second-order valence-corrected chi connectivity index (χ2v) is 5.75. The van der Waals surface area contributed by atoms with Crippen LogP contribution in [-0.4, -0.2) is 59.6 Å². The van der Waals surface area contributed by atoms with E-state index in [0.29, 0.717) is 19.1 Å². The molecule has 0 heterocycles. The summed E-state index contributed by atoms with van der Waals surface area (Å²) in [5.74, 6) is 0.220. The molecule has 0 saturated heterocycles. The fourth-order valence-electron chi connectivity index (χ4n) is 2.66. The van der Waals surface area contributed by atoms with E-state index in [2.05, 4.69) is 32.6 Å². The van der Waals surface area contributed by atoms with Crippen molar-refractivity contribution in [1.29, 1.82) is 0 Å². The van der Waals surface area contributed by atoms with Gasteiger partial charge in [0.25, 0.3) is 0 Å². The number of carbonyl (C=O) groups is 1. The lowest BCUT2D eigenvalue weighted by Gasteiger charge is -2.32. The van der Waals surface area contributed by atoms with Crippen molar-refractivity contribution in [1.82, 2.24) is 9.80 Å². The minimum atomic E-state index is 0.119. The lowest BCUT2D eigenvalue weighted by Crippen LogP contribution is -2.46. The largest absolute Gasteiger partial charge is 0.395 e. The number of aliphatic hydroxyl groups excluding tert-OH is 1. The quantitative estimate of drug-likeness (QED) is 0.569. The normalized spacial score (nSPS) is 11.4. The third kappa shape index (κ3) is 8.42. The molecule has 0 atom stereocenters. The number of amides is 1. The summed E-state index contributed by atoms with van der Waals surface area (Å²) < 4.78 is 0. The van der Waals surface area contributed by atoms with Crippen LogP contribution in [0.25, 0.3) is 0 Å². The van der Waals surface area contributed by atoms with Gasteiger partial charge in [0.15, 0.2) is 0 Å². The van der Waals surface area contributed by atoms with Crippen LogP contribution in [0.5, 0.6) is 0 Å². The minimum absolute atomic E-state index is 0.119. The van der Waals surface area contributed by atoms with Gasteiger partial charge >= 0.3 is 0 Å². The second kappa shape index (κ2) is 13.1. The molecule has 0 aromatic carbocycles. The number of unbranched alkanes of at least 4 members (excludes halogenated alkanes) is 2. The van der Waals surface area contributed by atoms with Crippen molar-refractivity contribution in [3.8, 4) is 0 Å². The molecular weight excluding hydrogens is 264 g/mol. The summed E-state index contributed by atoms with van der Waals surface area (Å²) >= 11 is 0. The summed E-state index contributed by atoms with van der Waals surface area (Å²) in [5, 5.41) is 9.24. The highest BCUT2D eigenvalue weighted by atomic mass is 16.3. The number of rotatable bonds is 13. The molecule has 0 unspecified atom stereocenters. The van der Waals surface area contributed by atoms with Gasteiger partial charge in [0.05, 0.1) is 13.2 Å². The smallest absolute Gasteiger partial charge is 0.236 e. The maximum atomic E-state index is 12.6. The minimum Gasteiger partial charge on any atom is -0.395 e. The molecular formula is C17H36N2O2. The first-order chi connectivity index (χ1) is 10.1. The zero-order chi connectivity index (χ0) is 16.1. The zero-order valence-electron chi connectivity index (χ0n) is 14.6. The van der Waals surface area contributed by atoms with Gasteiger partial charge in [-0.25, -0.2) is 0 Å². The van der Waals surface area contributed by atoms with Gasteiger partial charge in [0.2, 0.25) is 5.91 Å². The Bertz CT molecular complexity index is 247. The van der Waals surface area contributed by atoms with Crippen LogP contribution < -0.4 is 0 Å². The fraction of sp³-hybridized carbons (Fsp3) is 0.941. The molecule has 0 bridgehead atoms. The molecule has 0 saturated carbocycles. The van der Waals surface area contributed by atoms with E-state index >= 15 is 0 Å². The molecule has 0 aliphatic rings. The van der Waals surface area contributed by atoms with Crippen LogP contribution in [0, 0.1) is 0 Å². The summed E-state index contributed by atoms with van der Waals surface area (Å²) in [6.07, 6.45) is 6.41. The highest BCUT2D eigenvalue weighted by Crippen LogP contribution is 2.09. The van der Waals surface area contributed by atoms with Crippen LogP contribution in [0.1, 0.15) is 66.2 Å². The maximum absolute atomic E-state index is 12.6. The molecule has 0 aromatic heterocycles. The molecule has 4 heteroatoms. The van der Waals surface area contributed by atoms with Crippen LogP contribution >= 0.6 is 0 Å². The van der Waals surface area contributed by atoms with Crippen LogP contribution in [-0.2, 0) is 4.79 Å². The Labute approximate surface area is 131 Å². The summed E-state index contributed by atoms with van der Waals surface area (Å²) in [6.45, 7) is 11.5. The van der Waals surface area contributed by atoms with Crippen LogP contribution in [0.4, 0.5) is 0 Å². The fourth-order valence-corrected chi connectivity index (χ4v) is 2.66. The van der Waals surface area contributed by atoms with Crippen molar-refractivity contribution >= 4 is 5.91 Å². The molecule has 0 aromatic rings. The predicted molar refractivity (Wildman–Crippen MR) is 89.4 cm³/mol. The molecule has 0 spiro atoms. The van der Waals surface area contributed by atoms with E-state index in [4.69, 9.17) is 0 Å². The highest BCUT2D eigenvalue weighted by Gasteiger charge is 2.21. The molecule has 1 N–H and O–H groups in total. The lowest BCUT2D eigenvalue weighted by molar-refractivity contribution is -0.133. The Kier molecular flexibility index (Phi) is 12.7. The molecule has 0 radical (unpaired) electrons. The number of hydrogen-bond acceptors (Lipinski definition) is 3. The van der Waals surface area contributed by atoms with Crippen molar-refractivity contribution in [2.24, 2.45) is 0 Å². The van der Waals surface area contributed by atoms with Gasteiger partial charge in [-0.05, 0) is 25.7 Å². The molecule has 21 heavy (non-hydrogen) atoms. The summed E-state index contributed by atoms with van der Waals surface area (Å²) in [7, 11) is 0. The monoisotopic (exact) mass is 300 g/mol. The molecule has 4 nitrogen and oxygen atoms in total. The summed E-state index contributed by atoms with van der Waals surface area (Å²) in [6, 6.07) is 0.389. The molecule has 126 valence electrons. The lowest BCUT2D eigenvalue weighted by atomic mass is 10.1. The number of hydrogen-bond donors (Lipinski definition) is 1. The Morgan fingerprint density at radius 3 is 1.86 bits per heavy atom. The van der Waals surface area contributed by atoms with Crippen LogP contribution in [0.2, 0.25) is 0 Å². The van der Waals surface area contributed by atoms with Crippen molar-refractivity contribution in [3.63, 3.8) is 0 Å². The first kappa shape index (κ1) is 20.4. The third-order valence-corrected chi connectivity index (χ3v) is 4.10. The first-order valence-corrected chi connectivity index (χ1v) is 8.77. The molecule has 0 aliphatic carbocycles. The molecule has 0 fully saturated rings. The van der Waals surface area contributed by atoms with E-state index in [-0.39, 0.29) is 12.5 Å². The Hall–Kier alpha value is -0.610.